The number of rotatable bonds is 4. The molecule has 18 heavy (non-hydrogen) atoms. The largest absolute Gasteiger partial charge is 0.262 e. The molecular formula is C12H18ClN5. The van der Waals surface area contributed by atoms with Crippen molar-refractivity contribution in [3.63, 3.8) is 0 Å². The number of nitrogens with zero attached hydrogens (tertiary/aromatic N) is 5. The Bertz CT molecular complexity index is 541. The summed E-state index contributed by atoms with van der Waals surface area (Å²) < 4.78 is 3.82. The number of aromatic nitrogens is 5. The molecule has 0 radical (unpaired) electrons. The van der Waals surface area contributed by atoms with Crippen LogP contribution in [-0.4, -0.2) is 24.5 Å². The second-order valence-electron chi connectivity index (χ2n) is 4.35. The van der Waals surface area contributed by atoms with Crippen molar-refractivity contribution >= 4 is 11.6 Å². The van der Waals surface area contributed by atoms with E-state index in [0.29, 0.717) is 6.54 Å². The Balaban J connectivity index is 2.33. The second-order valence-corrected chi connectivity index (χ2v) is 5.00. The molecule has 0 N–H and O–H groups in total. The molecule has 0 aromatic carbocycles. The Morgan fingerprint density at radius 3 is 2.61 bits per heavy atom. The summed E-state index contributed by atoms with van der Waals surface area (Å²) in [6.07, 6.45) is 1.58. The highest BCUT2D eigenvalue weighted by Crippen LogP contribution is 2.26. The van der Waals surface area contributed by atoms with Crippen LogP contribution in [0, 0.1) is 13.8 Å². The van der Waals surface area contributed by atoms with Crippen LogP contribution in [0.25, 0.3) is 0 Å². The third kappa shape index (κ3) is 2.27. The van der Waals surface area contributed by atoms with Crippen LogP contribution in [0.1, 0.15) is 42.0 Å². The van der Waals surface area contributed by atoms with Crippen LogP contribution in [0.5, 0.6) is 0 Å². The van der Waals surface area contributed by atoms with Crippen molar-refractivity contribution in [2.24, 2.45) is 0 Å². The molecule has 2 aromatic heterocycles. The summed E-state index contributed by atoms with van der Waals surface area (Å²) in [5.41, 5.74) is 3.19. The van der Waals surface area contributed by atoms with E-state index in [2.05, 4.69) is 15.2 Å². The Labute approximate surface area is 112 Å². The van der Waals surface area contributed by atoms with Gasteiger partial charge in [0.2, 0.25) is 0 Å². The normalized spacial score (nSPS) is 12.9. The average molecular weight is 268 g/mol. The lowest BCUT2D eigenvalue weighted by Gasteiger charge is -2.07. The van der Waals surface area contributed by atoms with E-state index in [-0.39, 0.29) is 5.38 Å². The maximum Gasteiger partial charge on any atom is 0.148 e. The van der Waals surface area contributed by atoms with Crippen LogP contribution >= 0.6 is 11.6 Å². The quantitative estimate of drug-likeness (QED) is 0.800. The standard InChI is InChI=1S/C12H18ClN5/c1-5-17-11(14-7-15-17)6-18-10(4)12(8(2)13)9(3)16-18/h7-8H,5-6H2,1-4H3. The van der Waals surface area contributed by atoms with Crippen molar-refractivity contribution in [2.45, 2.75) is 46.2 Å². The minimum Gasteiger partial charge on any atom is -0.262 e. The van der Waals surface area contributed by atoms with Gasteiger partial charge < -0.3 is 0 Å². The molecule has 0 amide bonds. The van der Waals surface area contributed by atoms with Gasteiger partial charge >= 0.3 is 0 Å². The zero-order valence-corrected chi connectivity index (χ0v) is 11.9. The summed E-state index contributed by atoms with van der Waals surface area (Å²) in [6, 6.07) is 0. The van der Waals surface area contributed by atoms with Crippen molar-refractivity contribution in [1.82, 2.24) is 24.5 Å². The van der Waals surface area contributed by atoms with Crippen molar-refractivity contribution in [3.05, 3.63) is 29.1 Å². The van der Waals surface area contributed by atoms with Gasteiger partial charge in [0.15, 0.2) is 0 Å². The fourth-order valence-corrected chi connectivity index (χ4v) is 2.56. The van der Waals surface area contributed by atoms with Gasteiger partial charge in [0.05, 0.1) is 11.1 Å². The van der Waals surface area contributed by atoms with Gasteiger partial charge in [-0.15, -0.1) is 11.6 Å². The Morgan fingerprint density at radius 2 is 2.06 bits per heavy atom. The van der Waals surface area contributed by atoms with E-state index in [1.807, 2.05) is 37.1 Å². The molecule has 6 heteroatoms. The Kier molecular flexibility index (Phi) is 3.71. The summed E-state index contributed by atoms with van der Waals surface area (Å²) in [6.45, 7) is 9.49. The van der Waals surface area contributed by atoms with Crippen LogP contribution in [-0.2, 0) is 13.1 Å². The third-order valence-corrected chi connectivity index (χ3v) is 3.34. The van der Waals surface area contributed by atoms with Crippen LogP contribution in [0.15, 0.2) is 6.33 Å². The number of hydrogen-bond acceptors (Lipinski definition) is 3. The molecule has 98 valence electrons. The van der Waals surface area contributed by atoms with Crippen LogP contribution in [0.3, 0.4) is 0 Å². The molecule has 0 bridgehead atoms. The van der Waals surface area contributed by atoms with Gasteiger partial charge in [-0.3, -0.25) is 4.68 Å². The molecule has 0 saturated heterocycles. The van der Waals surface area contributed by atoms with Gasteiger partial charge in [-0.2, -0.15) is 10.2 Å². The van der Waals surface area contributed by atoms with E-state index in [1.165, 1.54) is 0 Å². The predicted octanol–water partition coefficient (Wildman–Crippen LogP) is 2.46. The summed E-state index contributed by atoms with van der Waals surface area (Å²) in [7, 11) is 0. The average Bonchev–Trinajstić information content (AvgIpc) is 2.84. The van der Waals surface area contributed by atoms with Gasteiger partial charge in [0.1, 0.15) is 18.7 Å². The van der Waals surface area contributed by atoms with Crippen molar-refractivity contribution in [1.29, 1.82) is 0 Å². The SMILES string of the molecule is CCn1ncnc1Cn1nc(C)c(C(C)Cl)c1C. The first kappa shape index (κ1) is 13.1. The lowest BCUT2D eigenvalue weighted by atomic mass is 10.1. The van der Waals surface area contributed by atoms with E-state index in [0.717, 1.165) is 29.3 Å². The maximum atomic E-state index is 6.18. The zero-order valence-electron chi connectivity index (χ0n) is 11.2. The van der Waals surface area contributed by atoms with Gasteiger partial charge in [-0.25, -0.2) is 9.67 Å². The molecule has 1 unspecified atom stereocenters. The molecule has 0 fully saturated rings. The highest BCUT2D eigenvalue weighted by atomic mass is 35.5. The molecular weight excluding hydrogens is 250 g/mol. The fraction of sp³-hybridized carbons (Fsp3) is 0.583. The van der Waals surface area contributed by atoms with Crippen LogP contribution in [0.4, 0.5) is 0 Å². The molecule has 0 spiro atoms. The van der Waals surface area contributed by atoms with Gasteiger partial charge in [-0.1, -0.05) is 0 Å². The minimum atomic E-state index is -0.0252. The molecule has 2 heterocycles. The molecule has 5 nitrogen and oxygen atoms in total. The maximum absolute atomic E-state index is 6.18. The number of aryl methyl sites for hydroxylation is 2. The minimum absolute atomic E-state index is 0.0252. The molecule has 1 atom stereocenters. The lowest BCUT2D eigenvalue weighted by molar-refractivity contribution is 0.559. The molecule has 2 aromatic rings. The zero-order chi connectivity index (χ0) is 13.3. The first-order valence-electron chi connectivity index (χ1n) is 6.09. The van der Waals surface area contributed by atoms with Crippen molar-refractivity contribution in [2.75, 3.05) is 0 Å². The number of halogens is 1. The van der Waals surface area contributed by atoms with Crippen molar-refractivity contribution < 1.29 is 0 Å². The Morgan fingerprint density at radius 1 is 1.33 bits per heavy atom. The summed E-state index contributed by atoms with van der Waals surface area (Å²) in [5, 5.41) is 8.67. The molecule has 0 aliphatic rings. The van der Waals surface area contributed by atoms with Crippen LogP contribution < -0.4 is 0 Å². The predicted molar refractivity (Wildman–Crippen MR) is 70.8 cm³/mol. The smallest absolute Gasteiger partial charge is 0.148 e. The summed E-state index contributed by atoms with van der Waals surface area (Å²) in [5.74, 6) is 0.914. The highest BCUT2D eigenvalue weighted by Gasteiger charge is 2.16. The number of hydrogen-bond donors (Lipinski definition) is 0. The summed E-state index contributed by atoms with van der Waals surface area (Å²) >= 11 is 6.18. The van der Waals surface area contributed by atoms with Gasteiger partial charge in [-0.05, 0) is 27.7 Å². The van der Waals surface area contributed by atoms with E-state index in [9.17, 15) is 0 Å². The first-order valence-corrected chi connectivity index (χ1v) is 6.52. The van der Waals surface area contributed by atoms with E-state index >= 15 is 0 Å². The monoisotopic (exact) mass is 267 g/mol. The molecule has 2 rings (SSSR count). The second kappa shape index (κ2) is 5.10. The fourth-order valence-electron chi connectivity index (χ4n) is 2.25. The topological polar surface area (TPSA) is 48.5 Å². The van der Waals surface area contributed by atoms with Crippen molar-refractivity contribution in [3.8, 4) is 0 Å². The van der Waals surface area contributed by atoms with E-state index < -0.39 is 0 Å². The molecule has 0 aliphatic heterocycles. The first-order chi connectivity index (χ1) is 8.54. The van der Waals surface area contributed by atoms with E-state index in [1.54, 1.807) is 6.33 Å². The van der Waals surface area contributed by atoms with E-state index in [4.69, 9.17) is 11.6 Å². The van der Waals surface area contributed by atoms with Gasteiger partial charge in [0.25, 0.3) is 0 Å². The number of alkyl halides is 1. The molecule has 0 aliphatic carbocycles. The Hall–Kier alpha value is -1.36. The summed E-state index contributed by atoms with van der Waals surface area (Å²) in [4.78, 5) is 4.27. The molecule has 0 saturated carbocycles. The van der Waals surface area contributed by atoms with Crippen LogP contribution in [0.2, 0.25) is 0 Å². The highest BCUT2D eigenvalue weighted by molar-refractivity contribution is 6.20. The lowest BCUT2D eigenvalue weighted by Crippen LogP contribution is -2.11. The van der Waals surface area contributed by atoms with Gasteiger partial charge in [0, 0.05) is 17.8 Å². The third-order valence-electron chi connectivity index (χ3n) is 3.12.